The molecule has 1 aromatic heterocycles. The maximum atomic E-state index is 13.0. The fourth-order valence-electron chi connectivity index (χ4n) is 2.80. The first-order valence-corrected chi connectivity index (χ1v) is 9.55. The summed E-state index contributed by atoms with van der Waals surface area (Å²) in [6.07, 6.45) is 3.75. The van der Waals surface area contributed by atoms with Crippen molar-refractivity contribution in [1.82, 2.24) is 9.88 Å². The highest BCUT2D eigenvalue weighted by Gasteiger charge is 2.37. The van der Waals surface area contributed by atoms with Crippen LogP contribution >= 0.6 is 11.8 Å². The number of nitrogens with two attached hydrogens (primary N) is 1. The smallest absolute Gasteiger partial charge is 0.322 e. The van der Waals surface area contributed by atoms with E-state index in [1.165, 1.54) is 11.8 Å². The number of hydrogen-bond donors (Lipinski definition) is 2. The third-order valence-electron chi connectivity index (χ3n) is 4.21. The number of anilines is 1. The molecule has 1 aliphatic rings. The normalized spacial score (nSPS) is 14.5. The van der Waals surface area contributed by atoms with Gasteiger partial charge in [-0.25, -0.2) is 4.79 Å². The lowest BCUT2D eigenvalue weighted by Gasteiger charge is -2.29. The molecule has 0 bridgehead atoms. The monoisotopic (exact) mass is 370 g/mol. The van der Waals surface area contributed by atoms with E-state index < -0.39 is 0 Å². The summed E-state index contributed by atoms with van der Waals surface area (Å²) >= 11 is 1.32. The van der Waals surface area contributed by atoms with Crippen LogP contribution in [0.4, 0.5) is 10.5 Å². The van der Waals surface area contributed by atoms with Crippen molar-refractivity contribution in [1.29, 1.82) is 0 Å². The molecule has 0 aliphatic heterocycles. The molecule has 1 fully saturated rings. The molecule has 7 heteroatoms. The van der Waals surface area contributed by atoms with Gasteiger partial charge in [-0.05, 0) is 44.0 Å². The van der Waals surface area contributed by atoms with Gasteiger partial charge in [-0.3, -0.25) is 9.78 Å². The molecule has 136 valence electrons. The van der Waals surface area contributed by atoms with Crippen LogP contribution in [0.2, 0.25) is 0 Å². The van der Waals surface area contributed by atoms with Crippen molar-refractivity contribution in [3.63, 3.8) is 0 Å². The fourth-order valence-corrected chi connectivity index (χ4v) is 3.55. The zero-order valence-corrected chi connectivity index (χ0v) is 15.4. The molecule has 1 atom stereocenters. The van der Waals surface area contributed by atoms with Crippen LogP contribution in [0.25, 0.3) is 0 Å². The number of urea groups is 1. The lowest BCUT2D eigenvalue weighted by molar-refractivity contribution is -0.115. The lowest BCUT2D eigenvalue weighted by Crippen LogP contribution is -2.39. The summed E-state index contributed by atoms with van der Waals surface area (Å²) in [6.45, 7) is 1.99. The first-order chi connectivity index (χ1) is 12.6. The summed E-state index contributed by atoms with van der Waals surface area (Å²) in [5.41, 5.74) is 6.78. The summed E-state index contributed by atoms with van der Waals surface area (Å²) in [4.78, 5) is 31.1. The zero-order valence-electron chi connectivity index (χ0n) is 14.6. The fraction of sp³-hybridized carbons (Fsp3) is 0.316. The number of primary amides is 1. The number of aromatic nitrogens is 1. The minimum absolute atomic E-state index is 0.117. The summed E-state index contributed by atoms with van der Waals surface area (Å²) in [5, 5.41) is 2.99. The van der Waals surface area contributed by atoms with E-state index in [9.17, 15) is 9.59 Å². The zero-order chi connectivity index (χ0) is 18.5. The summed E-state index contributed by atoms with van der Waals surface area (Å²) in [7, 11) is 0. The second-order valence-corrected chi connectivity index (χ2v) is 7.27. The number of carbonyl (C=O) groups excluding carboxylic acids is 2. The number of rotatable bonds is 7. The molecular formula is C19H22N4O2S. The number of hydrogen-bond acceptors (Lipinski definition) is 4. The molecule has 0 saturated heterocycles. The van der Waals surface area contributed by atoms with E-state index in [0.717, 1.165) is 23.4 Å². The SMILES string of the molecule is C[C@H](c1ccccn1)N(C(=O)Nc1ccccc1SCC(N)=O)C1CC1. The molecule has 26 heavy (non-hydrogen) atoms. The Morgan fingerprint density at radius 1 is 1.27 bits per heavy atom. The van der Waals surface area contributed by atoms with Crippen molar-refractivity contribution in [3.05, 3.63) is 54.4 Å². The Labute approximate surface area is 157 Å². The maximum Gasteiger partial charge on any atom is 0.322 e. The van der Waals surface area contributed by atoms with E-state index in [2.05, 4.69) is 10.3 Å². The molecule has 1 aromatic carbocycles. The maximum absolute atomic E-state index is 13.0. The van der Waals surface area contributed by atoms with Gasteiger partial charge < -0.3 is 16.0 Å². The number of nitrogens with one attached hydrogen (secondary N) is 1. The molecule has 0 spiro atoms. The van der Waals surface area contributed by atoms with Crippen molar-refractivity contribution in [2.45, 2.75) is 36.7 Å². The molecule has 3 amide bonds. The second-order valence-electron chi connectivity index (χ2n) is 6.25. The van der Waals surface area contributed by atoms with Gasteiger partial charge in [0.25, 0.3) is 0 Å². The Morgan fingerprint density at radius 3 is 2.65 bits per heavy atom. The molecule has 1 saturated carbocycles. The standard InChI is InChI=1S/C19H22N4O2S/c1-13(15-6-4-5-11-21-15)23(14-9-10-14)19(25)22-16-7-2-3-8-17(16)26-12-18(20)24/h2-8,11,13-14H,9-10,12H2,1H3,(H2,20,24)(H,22,25)/t13-/m1/s1. The molecule has 6 nitrogen and oxygen atoms in total. The molecule has 3 rings (SSSR count). The highest BCUT2D eigenvalue weighted by atomic mass is 32.2. The Bertz CT molecular complexity index is 780. The minimum atomic E-state index is -0.389. The van der Waals surface area contributed by atoms with Crippen LogP contribution in [0, 0.1) is 0 Å². The Kier molecular flexibility index (Phi) is 5.78. The number of benzene rings is 1. The predicted molar refractivity (Wildman–Crippen MR) is 103 cm³/mol. The van der Waals surface area contributed by atoms with Crippen LogP contribution in [0.1, 0.15) is 31.5 Å². The Hall–Kier alpha value is -2.54. The van der Waals surface area contributed by atoms with E-state index >= 15 is 0 Å². The van der Waals surface area contributed by atoms with Crippen molar-refractivity contribution < 1.29 is 9.59 Å². The number of amides is 3. The molecule has 3 N–H and O–H groups in total. The van der Waals surface area contributed by atoms with E-state index in [-0.39, 0.29) is 29.8 Å². The average molecular weight is 370 g/mol. The second kappa shape index (κ2) is 8.23. The van der Waals surface area contributed by atoms with Crippen molar-refractivity contribution in [2.75, 3.05) is 11.1 Å². The highest BCUT2D eigenvalue weighted by Crippen LogP contribution is 2.35. The molecule has 0 unspecified atom stereocenters. The van der Waals surface area contributed by atoms with Crippen LogP contribution in [-0.4, -0.2) is 33.6 Å². The first kappa shape index (κ1) is 18.3. The van der Waals surface area contributed by atoms with Crippen LogP contribution in [0.15, 0.2) is 53.6 Å². The predicted octanol–water partition coefficient (Wildman–Crippen LogP) is 3.42. The van der Waals surface area contributed by atoms with Gasteiger partial charge in [0.2, 0.25) is 5.91 Å². The van der Waals surface area contributed by atoms with Gasteiger partial charge in [0, 0.05) is 17.1 Å². The van der Waals surface area contributed by atoms with Gasteiger partial charge in [-0.1, -0.05) is 18.2 Å². The molecule has 2 aromatic rings. The summed E-state index contributed by atoms with van der Waals surface area (Å²) in [6, 6.07) is 13.1. The highest BCUT2D eigenvalue weighted by molar-refractivity contribution is 8.00. The third-order valence-corrected chi connectivity index (χ3v) is 5.30. The van der Waals surface area contributed by atoms with Crippen LogP contribution in [0.3, 0.4) is 0 Å². The van der Waals surface area contributed by atoms with Gasteiger partial charge in [0.1, 0.15) is 0 Å². The van der Waals surface area contributed by atoms with Gasteiger partial charge in [-0.15, -0.1) is 11.8 Å². The quantitative estimate of drug-likeness (QED) is 0.731. The van der Waals surface area contributed by atoms with Crippen LogP contribution < -0.4 is 11.1 Å². The van der Waals surface area contributed by atoms with Gasteiger partial charge in [0.15, 0.2) is 0 Å². The third kappa shape index (κ3) is 4.54. The Balaban J connectivity index is 1.76. The topological polar surface area (TPSA) is 88.3 Å². The number of carbonyl (C=O) groups is 2. The molecule has 1 aliphatic carbocycles. The van der Waals surface area contributed by atoms with Crippen molar-refractivity contribution >= 4 is 29.4 Å². The summed E-state index contributed by atoms with van der Waals surface area (Å²) in [5.74, 6) is -0.219. The van der Waals surface area contributed by atoms with Gasteiger partial charge >= 0.3 is 6.03 Å². The van der Waals surface area contributed by atoms with E-state index in [1.807, 2.05) is 54.3 Å². The lowest BCUT2D eigenvalue weighted by atomic mass is 10.2. The van der Waals surface area contributed by atoms with Crippen molar-refractivity contribution in [2.24, 2.45) is 5.73 Å². The summed E-state index contributed by atoms with van der Waals surface area (Å²) < 4.78 is 0. The number of pyridine rings is 1. The molecule has 1 heterocycles. The van der Waals surface area contributed by atoms with E-state index in [1.54, 1.807) is 6.20 Å². The number of thioether (sulfide) groups is 1. The van der Waals surface area contributed by atoms with Gasteiger partial charge in [0.05, 0.1) is 23.2 Å². The van der Waals surface area contributed by atoms with Crippen LogP contribution in [-0.2, 0) is 4.79 Å². The average Bonchev–Trinajstić information content (AvgIpc) is 3.46. The Morgan fingerprint density at radius 2 is 2.00 bits per heavy atom. The largest absolute Gasteiger partial charge is 0.369 e. The molecular weight excluding hydrogens is 348 g/mol. The van der Waals surface area contributed by atoms with E-state index in [0.29, 0.717) is 5.69 Å². The molecule has 0 radical (unpaired) electrons. The minimum Gasteiger partial charge on any atom is -0.369 e. The van der Waals surface area contributed by atoms with Crippen molar-refractivity contribution in [3.8, 4) is 0 Å². The van der Waals surface area contributed by atoms with E-state index in [4.69, 9.17) is 5.73 Å². The van der Waals surface area contributed by atoms with Crippen LogP contribution in [0.5, 0.6) is 0 Å². The van der Waals surface area contributed by atoms with Gasteiger partial charge in [-0.2, -0.15) is 0 Å². The number of nitrogens with zero attached hydrogens (tertiary/aromatic N) is 2. The first-order valence-electron chi connectivity index (χ1n) is 8.56. The number of para-hydroxylation sites is 1.